The number of sulfonamides is 1. The predicted molar refractivity (Wildman–Crippen MR) is 117 cm³/mol. The Labute approximate surface area is 185 Å². The van der Waals surface area contributed by atoms with E-state index in [2.05, 4.69) is 0 Å². The third kappa shape index (κ3) is 3.95. The van der Waals surface area contributed by atoms with Crippen molar-refractivity contribution in [1.29, 1.82) is 0 Å². The van der Waals surface area contributed by atoms with Gasteiger partial charge in [-0.2, -0.15) is 4.31 Å². The van der Waals surface area contributed by atoms with Crippen LogP contribution in [0.5, 0.6) is 0 Å². The number of carbonyl (C=O) groups excluding carboxylic acids is 2. The Bertz CT molecular complexity index is 942. The zero-order valence-electron chi connectivity index (χ0n) is 18.3. The van der Waals surface area contributed by atoms with Crippen LogP contribution in [0.1, 0.15) is 62.2 Å². The number of amides is 1. The van der Waals surface area contributed by atoms with Crippen molar-refractivity contribution in [3.8, 4) is 0 Å². The molecule has 4 saturated carbocycles. The van der Waals surface area contributed by atoms with Gasteiger partial charge in [-0.15, -0.1) is 0 Å². The van der Waals surface area contributed by atoms with E-state index in [1.54, 1.807) is 12.1 Å². The molecule has 1 saturated heterocycles. The number of ketones is 1. The Morgan fingerprint density at radius 1 is 0.903 bits per heavy atom. The van der Waals surface area contributed by atoms with Crippen molar-refractivity contribution in [2.75, 3.05) is 26.2 Å². The van der Waals surface area contributed by atoms with Gasteiger partial charge >= 0.3 is 0 Å². The predicted octanol–water partition coefficient (Wildman–Crippen LogP) is 3.33. The lowest BCUT2D eigenvalue weighted by molar-refractivity contribution is -0.140. The molecule has 4 aliphatic carbocycles. The number of benzene rings is 1. The van der Waals surface area contributed by atoms with E-state index in [4.69, 9.17) is 0 Å². The largest absolute Gasteiger partial charge is 0.340 e. The van der Waals surface area contributed by atoms with Crippen LogP contribution in [0, 0.1) is 23.2 Å². The summed E-state index contributed by atoms with van der Waals surface area (Å²) >= 11 is 0. The first-order valence-electron chi connectivity index (χ1n) is 11.6. The number of nitrogens with zero attached hydrogens (tertiary/aromatic N) is 2. The molecular formula is C24H32N2O4S. The fraction of sp³-hybridized carbons (Fsp3) is 0.667. The number of Topliss-reactive ketones (excluding diaryl/α,β-unsaturated/α-hetero) is 1. The van der Waals surface area contributed by atoms with Gasteiger partial charge in [-0.3, -0.25) is 9.59 Å². The maximum absolute atomic E-state index is 13.1. The van der Waals surface area contributed by atoms with E-state index in [1.165, 1.54) is 61.9 Å². The molecule has 168 valence electrons. The van der Waals surface area contributed by atoms with Gasteiger partial charge in [0.2, 0.25) is 15.9 Å². The highest BCUT2D eigenvalue weighted by Gasteiger charge is 2.51. The topological polar surface area (TPSA) is 74.8 Å². The molecule has 0 radical (unpaired) electrons. The van der Waals surface area contributed by atoms with Gasteiger partial charge in [-0.25, -0.2) is 8.42 Å². The number of hydrogen-bond donors (Lipinski definition) is 0. The molecular weight excluding hydrogens is 412 g/mol. The highest BCUT2D eigenvalue weighted by Crippen LogP contribution is 2.61. The standard InChI is InChI=1S/C24H32N2O4S/c1-17(27)21-2-4-22(5-3-21)31(29,30)26-8-6-25(7-9-26)23(28)16-24-13-18-10-19(14-24)12-20(11-18)15-24/h2-5,18-20H,6-16H2,1H3. The van der Waals surface area contributed by atoms with Crippen molar-refractivity contribution in [2.45, 2.75) is 56.8 Å². The van der Waals surface area contributed by atoms with Gasteiger partial charge in [0.05, 0.1) is 4.90 Å². The molecule has 0 N–H and O–H groups in total. The van der Waals surface area contributed by atoms with E-state index in [0.29, 0.717) is 38.2 Å². The molecule has 1 aromatic rings. The minimum Gasteiger partial charge on any atom is -0.340 e. The third-order valence-corrected chi connectivity index (χ3v) is 10.1. The first-order chi connectivity index (χ1) is 14.7. The minimum absolute atomic E-state index is 0.0879. The number of hydrogen-bond acceptors (Lipinski definition) is 4. The Morgan fingerprint density at radius 3 is 1.90 bits per heavy atom. The van der Waals surface area contributed by atoms with Crippen LogP contribution < -0.4 is 0 Å². The maximum atomic E-state index is 13.1. The van der Waals surface area contributed by atoms with Crippen LogP contribution in [0.15, 0.2) is 29.2 Å². The van der Waals surface area contributed by atoms with Gasteiger partial charge in [-0.05, 0) is 80.8 Å². The molecule has 0 unspecified atom stereocenters. The second kappa shape index (κ2) is 7.69. The lowest BCUT2D eigenvalue weighted by Crippen LogP contribution is -2.53. The highest BCUT2D eigenvalue weighted by molar-refractivity contribution is 7.89. The SMILES string of the molecule is CC(=O)c1ccc(S(=O)(=O)N2CCN(C(=O)CC34CC5CC(CC(C5)C3)C4)CC2)cc1. The van der Waals surface area contributed by atoms with Crippen LogP contribution in [0.25, 0.3) is 0 Å². The fourth-order valence-corrected chi connectivity index (χ4v) is 8.55. The summed E-state index contributed by atoms with van der Waals surface area (Å²) in [5.41, 5.74) is 0.715. The molecule has 7 heteroatoms. The first-order valence-corrected chi connectivity index (χ1v) is 13.1. The van der Waals surface area contributed by atoms with Crippen LogP contribution in [0.3, 0.4) is 0 Å². The number of carbonyl (C=O) groups is 2. The molecule has 1 aliphatic heterocycles. The number of piperazine rings is 1. The van der Waals surface area contributed by atoms with Gasteiger partial charge < -0.3 is 4.90 Å². The molecule has 6 rings (SSSR count). The third-order valence-electron chi connectivity index (χ3n) is 8.18. The molecule has 1 amide bonds. The highest BCUT2D eigenvalue weighted by atomic mass is 32.2. The lowest BCUT2D eigenvalue weighted by Gasteiger charge is -2.57. The average Bonchev–Trinajstić information content (AvgIpc) is 2.72. The van der Waals surface area contributed by atoms with E-state index >= 15 is 0 Å². The summed E-state index contributed by atoms with van der Waals surface area (Å²) in [6.45, 7) is 3.02. The van der Waals surface area contributed by atoms with E-state index in [9.17, 15) is 18.0 Å². The van der Waals surface area contributed by atoms with Crippen LogP contribution >= 0.6 is 0 Å². The van der Waals surface area contributed by atoms with Gasteiger partial charge in [0, 0.05) is 38.2 Å². The monoisotopic (exact) mass is 444 g/mol. The summed E-state index contributed by atoms with van der Waals surface area (Å²) in [6, 6.07) is 6.11. The van der Waals surface area contributed by atoms with Crippen molar-refractivity contribution in [1.82, 2.24) is 9.21 Å². The van der Waals surface area contributed by atoms with Crippen LogP contribution in [-0.4, -0.2) is 55.5 Å². The Balaban J connectivity index is 1.20. The summed E-state index contributed by atoms with van der Waals surface area (Å²) in [5.74, 6) is 2.61. The van der Waals surface area contributed by atoms with Crippen LogP contribution in [0.2, 0.25) is 0 Å². The van der Waals surface area contributed by atoms with Crippen molar-refractivity contribution in [3.63, 3.8) is 0 Å². The molecule has 6 nitrogen and oxygen atoms in total. The maximum Gasteiger partial charge on any atom is 0.243 e. The van der Waals surface area contributed by atoms with E-state index in [0.717, 1.165) is 17.8 Å². The van der Waals surface area contributed by atoms with Crippen LogP contribution in [-0.2, 0) is 14.8 Å². The first kappa shape index (κ1) is 21.1. The Kier molecular flexibility index (Phi) is 5.25. The van der Waals surface area contributed by atoms with E-state index in [-0.39, 0.29) is 22.0 Å². The Morgan fingerprint density at radius 2 is 1.42 bits per heavy atom. The quantitative estimate of drug-likeness (QED) is 0.653. The van der Waals surface area contributed by atoms with Crippen molar-refractivity contribution in [2.24, 2.45) is 23.2 Å². The van der Waals surface area contributed by atoms with Gasteiger partial charge in [0.25, 0.3) is 0 Å². The molecule has 0 spiro atoms. The van der Waals surface area contributed by atoms with Gasteiger partial charge in [0.15, 0.2) is 5.78 Å². The fourth-order valence-electron chi connectivity index (χ4n) is 7.13. The van der Waals surface area contributed by atoms with Crippen LogP contribution in [0.4, 0.5) is 0 Å². The lowest BCUT2D eigenvalue weighted by atomic mass is 9.49. The van der Waals surface area contributed by atoms with E-state index < -0.39 is 10.0 Å². The molecule has 31 heavy (non-hydrogen) atoms. The van der Waals surface area contributed by atoms with Crippen molar-refractivity contribution >= 4 is 21.7 Å². The van der Waals surface area contributed by atoms with Crippen molar-refractivity contribution < 1.29 is 18.0 Å². The molecule has 5 fully saturated rings. The second-order valence-corrected chi connectivity index (χ2v) is 12.4. The summed E-state index contributed by atoms with van der Waals surface area (Å²) < 4.78 is 27.4. The minimum atomic E-state index is -3.61. The molecule has 1 heterocycles. The summed E-state index contributed by atoms with van der Waals surface area (Å²) in [6.07, 6.45) is 8.42. The van der Waals surface area contributed by atoms with E-state index in [1.807, 2.05) is 4.90 Å². The average molecular weight is 445 g/mol. The number of rotatable bonds is 5. The van der Waals surface area contributed by atoms with Gasteiger partial charge in [0.1, 0.15) is 0 Å². The zero-order chi connectivity index (χ0) is 21.8. The normalized spacial score (nSPS) is 32.9. The second-order valence-electron chi connectivity index (χ2n) is 10.5. The van der Waals surface area contributed by atoms with Gasteiger partial charge in [-0.1, -0.05) is 12.1 Å². The molecule has 0 atom stereocenters. The molecule has 4 bridgehead atoms. The summed E-state index contributed by atoms with van der Waals surface area (Å²) in [5, 5.41) is 0. The smallest absolute Gasteiger partial charge is 0.243 e. The molecule has 0 aromatic heterocycles. The van der Waals surface area contributed by atoms with Crippen molar-refractivity contribution in [3.05, 3.63) is 29.8 Å². The molecule has 5 aliphatic rings. The summed E-state index contributed by atoms with van der Waals surface area (Å²) in [7, 11) is -3.61. The Hall–Kier alpha value is -1.73. The summed E-state index contributed by atoms with van der Waals surface area (Å²) in [4.78, 5) is 26.7. The molecule has 1 aromatic carbocycles. The zero-order valence-corrected chi connectivity index (χ0v) is 19.1.